The molecule has 80 valence electrons. The standard InChI is InChI=1S/C12H15NO2/c14-12-10-8-2-6-1-7(3-8)5-9(4-6)11(10)15-13-12/h6-9H,1-5H2,(H,13,14). The molecule has 1 heterocycles. The number of aromatic nitrogens is 1. The Hall–Kier alpha value is -0.990. The molecular weight excluding hydrogens is 190 g/mol. The van der Waals surface area contributed by atoms with Crippen LogP contribution in [0.3, 0.4) is 0 Å². The summed E-state index contributed by atoms with van der Waals surface area (Å²) in [4.78, 5) is 11.7. The van der Waals surface area contributed by atoms with E-state index in [9.17, 15) is 4.79 Å². The zero-order chi connectivity index (χ0) is 9.99. The molecule has 1 N–H and O–H groups in total. The van der Waals surface area contributed by atoms with E-state index in [1.54, 1.807) is 0 Å². The summed E-state index contributed by atoms with van der Waals surface area (Å²) in [5.74, 6) is 3.76. The lowest BCUT2D eigenvalue weighted by atomic mass is 9.67. The van der Waals surface area contributed by atoms with Crippen molar-refractivity contribution in [1.82, 2.24) is 5.16 Å². The topological polar surface area (TPSA) is 46.0 Å². The first-order valence-electron chi connectivity index (χ1n) is 6.02. The molecule has 0 amide bonds. The number of rotatable bonds is 0. The van der Waals surface area contributed by atoms with Crippen LogP contribution in [0.15, 0.2) is 9.32 Å². The van der Waals surface area contributed by atoms with Gasteiger partial charge in [-0.2, -0.15) is 5.16 Å². The molecule has 0 saturated heterocycles. The molecule has 4 aliphatic rings. The van der Waals surface area contributed by atoms with E-state index in [4.69, 9.17) is 4.52 Å². The molecule has 2 saturated carbocycles. The molecule has 1 aromatic heterocycles. The lowest BCUT2D eigenvalue weighted by molar-refractivity contribution is 0.155. The highest BCUT2D eigenvalue weighted by molar-refractivity contribution is 5.28. The monoisotopic (exact) mass is 205 g/mol. The van der Waals surface area contributed by atoms with Crippen LogP contribution < -0.4 is 5.56 Å². The van der Waals surface area contributed by atoms with Crippen LogP contribution in [-0.2, 0) is 0 Å². The van der Waals surface area contributed by atoms with Crippen LogP contribution in [0.4, 0.5) is 0 Å². The van der Waals surface area contributed by atoms with Gasteiger partial charge in [-0.15, -0.1) is 0 Å². The minimum absolute atomic E-state index is 0.0446. The Morgan fingerprint density at radius 1 is 1.00 bits per heavy atom. The number of nitrogens with one attached hydrogen (secondary N) is 1. The second kappa shape index (κ2) is 2.57. The van der Waals surface area contributed by atoms with Gasteiger partial charge >= 0.3 is 0 Å². The lowest BCUT2D eigenvalue weighted by Crippen LogP contribution is -2.26. The van der Waals surface area contributed by atoms with Crippen LogP contribution in [0.25, 0.3) is 0 Å². The zero-order valence-electron chi connectivity index (χ0n) is 8.66. The summed E-state index contributed by atoms with van der Waals surface area (Å²) >= 11 is 0. The number of hydrogen-bond acceptors (Lipinski definition) is 2. The molecule has 2 fully saturated rings. The zero-order valence-corrected chi connectivity index (χ0v) is 8.66. The van der Waals surface area contributed by atoms with Gasteiger partial charge in [-0.25, -0.2) is 0 Å². The van der Waals surface area contributed by atoms with Crippen molar-refractivity contribution in [3.63, 3.8) is 0 Å². The van der Waals surface area contributed by atoms with Crippen LogP contribution in [0.2, 0.25) is 0 Å². The first-order valence-corrected chi connectivity index (χ1v) is 6.02. The first-order chi connectivity index (χ1) is 7.31. The summed E-state index contributed by atoms with van der Waals surface area (Å²) in [6.45, 7) is 0. The van der Waals surface area contributed by atoms with Gasteiger partial charge in [0.1, 0.15) is 5.76 Å². The highest BCUT2D eigenvalue weighted by atomic mass is 16.5. The Labute approximate surface area is 87.8 Å². The SMILES string of the molecule is O=c1[nH]oc2c1C1CC3CC(CC2C3)C1. The van der Waals surface area contributed by atoms with Crippen molar-refractivity contribution >= 4 is 0 Å². The van der Waals surface area contributed by atoms with E-state index in [-0.39, 0.29) is 5.56 Å². The van der Waals surface area contributed by atoms with Gasteiger partial charge in [-0.1, -0.05) is 0 Å². The molecule has 2 atom stereocenters. The van der Waals surface area contributed by atoms with E-state index >= 15 is 0 Å². The average Bonchev–Trinajstić information content (AvgIpc) is 2.50. The van der Waals surface area contributed by atoms with Crippen molar-refractivity contribution in [1.29, 1.82) is 0 Å². The summed E-state index contributed by atoms with van der Waals surface area (Å²) < 4.78 is 5.41. The predicted octanol–water partition coefficient (Wildman–Crippen LogP) is 2.36. The van der Waals surface area contributed by atoms with Gasteiger partial charge in [0, 0.05) is 5.92 Å². The number of H-pyrrole nitrogens is 1. The number of hydrogen-bond donors (Lipinski definition) is 1. The predicted molar refractivity (Wildman–Crippen MR) is 54.9 cm³/mol. The Morgan fingerprint density at radius 2 is 1.67 bits per heavy atom. The third kappa shape index (κ3) is 0.985. The molecule has 4 bridgehead atoms. The van der Waals surface area contributed by atoms with E-state index in [1.165, 1.54) is 32.1 Å². The van der Waals surface area contributed by atoms with Crippen molar-refractivity contribution in [2.24, 2.45) is 11.8 Å². The quantitative estimate of drug-likeness (QED) is 0.706. The summed E-state index contributed by atoms with van der Waals surface area (Å²) in [7, 11) is 0. The van der Waals surface area contributed by atoms with Crippen molar-refractivity contribution in [2.45, 2.75) is 43.9 Å². The molecular formula is C12H15NO2. The van der Waals surface area contributed by atoms with Crippen molar-refractivity contribution in [2.75, 3.05) is 0 Å². The largest absolute Gasteiger partial charge is 0.383 e. The summed E-state index contributed by atoms with van der Waals surface area (Å²) in [5, 5.41) is 2.53. The molecule has 5 rings (SSSR count). The van der Waals surface area contributed by atoms with Gasteiger partial charge in [0.2, 0.25) is 0 Å². The summed E-state index contributed by atoms with van der Waals surface area (Å²) in [6, 6.07) is 0. The molecule has 0 aliphatic heterocycles. The molecule has 3 nitrogen and oxygen atoms in total. The maximum Gasteiger partial charge on any atom is 0.283 e. The fourth-order valence-corrected chi connectivity index (χ4v) is 4.31. The van der Waals surface area contributed by atoms with Gasteiger partial charge in [0.25, 0.3) is 5.56 Å². The molecule has 0 aromatic carbocycles. The van der Waals surface area contributed by atoms with Gasteiger partial charge in [-0.3, -0.25) is 4.79 Å². The molecule has 1 aromatic rings. The molecule has 3 heteroatoms. The Kier molecular flexibility index (Phi) is 1.41. The highest BCUT2D eigenvalue weighted by Crippen LogP contribution is 2.55. The lowest BCUT2D eigenvalue weighted by Gasteiger charge is -2.38. The van der Waals surface area contributed by atoms with Crippen LogP contribution in [0.1, 0.15) is 55.3 Å². The molecule has 0 spiro atoms. The maximum atomic E-state index is 11.7. The van der Waals surface area contributed by atoms with E-state index in [0.717, 1.165) is 23.2 Å². The second-order valence-electron chi connectivity index (χ2n) is 5.62. The van der Waals surface area contributed by atoms with Gasteiger partial charge in [0.15, 0.2) is 0 Å². The van der Waals surface area contributed by atoms with E-state index in [0.29, 0.717) is 11.8 Å². The average molecular weight is 205 g/mol. The second-order valence-corrected chi connectivity index (χ2v) is 5.62. The van der Waals surface area contributed by atoms with E-state index in [2.05, 4.69) is 5.16 Å². The molecule has 15 heavy (non-hydrogen) atoms. The van der Waals surface area contributed by atoms with Gasteiger partial charge in [-0.05, 0) is 49.9 Å². The van der Waals surface area contributed by atoms with Crippen LogP contribution >= 0.6 is 0 Å². The molecule has 4 aliphatic carbocycles. The Morgan fingerprint density at radius 3 is 2.40 bits per heavy atom. The smallest absolute Gasteiger partial charge is 0.283 e. The van der Waals surface area contributed by atoms with Crippen molar-refractivity contribution in [3.8, 4) is 0 Å². The van der Waals surface area contributed by atoms with Crippen molar-refractivity contribution < 1.29 is 4.52 Å². The van der Waals surface area contributed by atoms with Gasteiger partial charge < -0.3 is 4.52 Å². The maximum absolute atomic E-state index is 11.7. The van der Waals surface area contributed by atoms with Crippen LogP contribution in [0.5, 0.6) is 0 Å². The normalized spacial score (nSPS) is 41.6. The van der Waals surface area contributed by atoms with Crippen LogP contribution in [-0.4, -0.2) is 5.16 Å². The summed E-state index contributed by atoms with van der Waals surface area (Å²) in [5.41, 5.74) is 1.05. The first kappa shape index (κ1) is 8.20. The third-order valence-corrected chi connectivity index (χ3v) is 4.68. The number of aromatic amines is 1. The van der Waals surface area contributed by atoms with Crippen LogP contribution in [0, 0.1) is 11.8 Å². The summed E-state index contributed by atoms with van der Waals surface area (Å²) in [6.07, 6.45) is 6.35. The highest BCUT2D eigenvalue weighted by Gasteiger charge is 2.45. The minimum atomic E-state index is 0.0446. The Bertz CT molecular complexity index is 444. The molecule has 2 unspecified atom stereocenters. The molecule has 0 radical (unpaired) electrons. The fourth-order valence-electron chi connectivity index (χ4n) is 4.31. The Balaban J connectivity index is 1.95. The fraction of sp³-hybridized carbons (Fsp3) is 0.750. The third-order valence-electron chi connectivity index (χ3n) is 4.68. The van der Waals surface area contributed by atoms with E-state index < -0.39 is 0 Å². The minimum Gasteiger partial charge on any atom is -0.383 e. The van der Waals surface area contributed by atoms with E-state index in [1.807, 2.05) is 0 Å². The van der Waals surface area contributed by atoms with Gasteiger partial charge in [0.05, 0.1) is 5.56 Å². The van der Waals surface area contributed by atoms with Crippen molar-refractivity contribution in [3.05, 3.63) is 21.7 Å².